The van der Waals surface area contributed by atoms with Crippen LogP contribution >= 0.6 is 0 Å². The van der Waals surface area contributed by atoms with E-state index in [4.69, 9.17) is 4.74 Å². The van der Waals surface area contributed by atoms with Crippen molar-refractivity contribution in [3.05, 3.63) is 82.7 Å². The summed E-state index contributed by atoms with van der Waals surface area (Å²) in [6, 6.07) is 9.41. The van der Waals surface area contributed by atoms with Crippen molar-refractivity contribution in [2.45, 2.75) is 25.2 Å². The van der Waals surface area contributed by atoms with Gasteiger partial charge in [0.15, 0.2) is 17.2 Å². The van der Waals surface area contributed by atoms with Gasteiger partial charge in [-0.2, -0.15) is 9.61 Å². The topological polar surface area (TPSA) is 109 Å². The number of rotatable bonds is 4. The van der Waals surface area contributed by atoms with Crippen LogP contribution in [0.1, 0.15) is 44.7 Å². The van der Waals surface area contributed by atoms with Gasteiger partial charge in [0.25, 0.3) is 5.91 Å². The maximum atomic E-state index is 14.7. The second kappa shape index (κ2) is 8.79. The highest BCUT2D eigenvalue weighted by molar-refractivity contribution is 6.01. The van der Waals surface area contributed by atoms with Crippen LogP contribution in [0.3, 0.4) is 0 Å². The first kappa shape index (κ1) is 23.8. The summed E-state index contributed by atoms with van der Waals surface area (Å²) < 4.78 is 35.8. The minimum Gasteiger partial charge on any atom is -0.489 e. The molecule has 0 aliphatic carbocycles. The summed E-state index contributed by atoms with van der Waals surface area (Å²) in [5.41, 5.74) is 1.33. The molecular weight excluding hydrogens is 496 g/mol. The van der Waals surface area contributed by atoms with Crippen molar-refractivity contribution in [1.29, 1.82) is 0 Å². The SMILES string of the molecule is Cc1ccc(F)c(Nc2c(C(=O)N3CCC4(CC3)COc3c(F)cccc34)cnc3c(C(=O)O)cnn23)c1. The number of para-hydroxylation sites is 1. The molecule has 0 atom stereocenters. The molecule has 4 aromatic rings. The maximum absolute atomic E-state index is 14.7. The fraction of sp³-hybridized carbons (Fsp3) is 0.259. The van der Waals surface area contributed by atoms with Gasteiger partial charge in [-0.3, -0.25) is 4.79 Å². The third kappa shape index (κ3) is 3.73. The summed E-state index contributed by atoms with van der Waals surface area (Å²) >= 11 is 0. The summed E-state index contributed by atoms with van der Waals surface area (Å²) in [7, 11) is 0. The minimum atomic E-state index is -1.23. The van der Waals surface area contributed by atoms with E-state index in [0.29, 0.717) is 32.5 Å². The number of anilines is 2. The number of aromatic nitrogens is 3. The van der Waals surface area contributed by atoms with Crippen LogP contribution in [0, 0.1) is 18.6 Å². The van der Waals surface area contributed by atoms with Gasteiger partial charge in [-0.1, -0.05) is 18.2 Å². The Morgan fingerprint density at radius 1 is 1.08 bits per heavy atom. The van der Waals surface area contributed by atoms with E-state index in [2.05, 4.69) is 15.4 Å². The average molecular weight is 520 g/mol. The summed E-state index contributed by atoms with van der Waals surface area (Å²) in [4.78, 5) is 31.3. The van der Waals surface area contributed by atoms with Gasteiger partial charge >= 0.3 is 5.97 Å². The van der Waals surface area contributed by atoms with E-state index >= 15 is 0 Å². The van der Waals surface area contributed by atoms with Gasteiger partial charge in [0.2, 0.25) is 0 Å². The van der Waals surface area contributed by atoms with Crippen molar-refractivity contribution in [3.63, 3.8) is 0 Å². The molecule has 9 nitrogen and oxygen atoms in total. The van der Waals surface area contributed by atoms with Crippen LogP contribution in [0.5, 0.6) is 5.75 Å². The third-order valence-corrected chi connectivity index (χ3v) is 7.40. The van der Waals surface area contributed by atoms with Crippen molar-refractivity contribution >= 4 is 29.0 Å². The lowest BCUT2D eigenvalue weighted by atomic mass is 9.74. The van der Waals surface area contributed by atoms with Crippen LogP contribution in [0.15, 0.2) is 48.8 Å². The number of hydrogen-bond acceptors (Lipinski definition) is 6. The smallest absolute Gasteiger partial charge is 0.341 e. The lowest BCUT2D eigenvalue weighted by Gasteiger charge is -2.38. The van der Waals surface area contributed by atoms with Gasteiger partial charge in [-0.15, -0.1) is 0 Å². The van der Waals surface area contributed by atoms with Crippen LogP contribution in [-0.4, -0.2) is 56.2 Å². The molecule has 1 spiro atoms. The second-order valence-electron chi connectivity index (χ2n) is 9.71. The molecule has 1 saturated heterocycles. The van der Waals surface area contributed by atoms with Gasteiger partial charge in [-0.25, -0.2) is 18.6 Å². The number of aryl methyl sites for hydroxylation is 1. The number of piperidine rings is 1. The molecule has 38 heavy (non-hydrogen) atoms. The molecule has 2 N–H and O–H groups in total. The number of amides is 1. The number of carboxylic acid groups (broad SMARTS) is 1. The summed E-state index contributed by atoms with van der Waals surface area (Å²) in [5.74, 6) is -2.14. The van der Waals surface area contributed by atoms with Crippen molar-refractivity contribution in [3.8, 4) is 5.75 Å². The molecule has 0 bridgehead atoms. The fourth-order valence-corrected chi connectivity index (χ4v) is 5.30. The monoisotopic (exact) mass is 519 g/mol. The normalized spacial score (nSPS) is 15.9. The molecule has 1 fully saturated rings. The Hall–Kier alpha value is -4.54. The number of carbonyl (C=O) groups excluding carboxylic acids is 1. The summed E-state index contributed by atoms with van der Waals surface area (Å²) in [5, 5.41) is 16.6. The molecule has 0 saturated carbocycles. The number of hydrogen-bond donors (Lipinski definition) is 2. The Morgan fingerprint density at radius 3 is 2.63 bits per heavy atom. The number of nitrogens with zero attached hydrogens (tertiary/aromatic N) is 4. The summed E-state index contributed by atoms with van der Waals surface area (Å²) in [6.07, 6.45) is 3.57. The molecule has 4 heterocycles. The number of ether oxygens (including phenoxy) is 1. The zero-order chi connectivity index (χ0) is 26.6. The molecule has 194 valence electrons. The number of fused-ring (bicyclic) bond motifs is 3. The first-order valence-corrected chi connectivity index (χ1v) is 12.1. The zero-order valence-electron chi connectivity index (χ0n) is 20.4. The van der Waals surface area contributed by atoms with Gasteiger partial charge in [0.05, 0.1) is 18.5 Å². The average Bonchev–Trinajstić information content (AvgIpc) is 3.50. The van der Waals surface area contributed by atoms with E-state index in [9.17, 15) is 23.5 Å². The van der Waals surface area contributed by atoms with Gasteiger partial charge in [0, 0.05) is 30.3 Å². The first-order valence-electron chi connectivity index (χ1n) is 12.1. The highest BCUT2D eigenvalue weighted by Crippen LogP contribution is 2.46. The Kier molecular flexibility index (Phi) is 5.51. The van der Waals surface area contributed by atoms with Crippen molar-refractivity contribution in [1.82, 2.24) is 19.5 Å². The van der Waals surface area contributed by atoms with E-state index in [-0.39, 0.29) is 45.4 Å². The third-order valence-electron chi connectivity index (χ3n) is 7.40. The van der Waals surface area contributed by atoms with E-state index in [1.165, 1.54) is 22.8 Å². The van der Waals surface area contributed by atoms with Crippen molar-refractivity contribution < 1.29 is 28.2 Å². The van der Waals surface area contributed by atoms with Crippen LogP contribution in [0.25, 0.3) is 5.65 Å². The minimum absolute atomic E-state index is 0.0175. The predicted molar refractivity (Wildman–Crippen MR) is 133 cm³/mol. The van der Waals surface area contributed by atoms with E-state index in [1.54, 1.807) is 30.0 Å². The number of nitrogens with one attached hydrogen (secondary N) is 1. The molecular formula is C27H23F2N5O4. The quantitative estimate of drug-likeness (QED) is 0.413. The van der Waals surface area contributed by atoms with Gasteiger partial charge < -0.3 is 20.1 Å². The largest absolute Gasteiger partial charge is 0.489 e. The van der Waals surface area contributed by atoms with Crippen molar-refractivity contribution in [2.24, 2.45) is 0 Å². The molecule has 11 heteroatoms. The second-order valence-corrected chi connectivity index (χ2v) is 9.71. The molecule has 2 aromatic heterocycles. The number of carboxylic acids is 1. The Balaban J connectivity index is 1.34. The molecule has 0 radical (unpaired) electrons. The van der Waals surface area contributed by atoms with Gasteiger partial charge in [0.1, 0.15) is 22.8 Å². The van der Waals surface area contributed by atoms with Crippen LogP contribution in [0.4, 0.5) is 20.3 Å². The lowest BCUT2D eigenvalue weighted by molar-refractivity contribution is 0.0645. The Bertz CT molecular complexity index is 1610. The Morgan fingerprint density at radius 2 is 1.87 bits per heavy atom. The maximum Gasteiger partial charge on any atom is 0.341 e. The zero-order valence-corrected chi connectivity index (χ0v) is 20.4. The van der Waals surface area contributed by atoms with E-state index in [1.807, 2.05) is 6.07 Å². The lowest BCUT2D eigenvalue weighted by Crippen LogP contribution is -2.46. The summed E-state index contributed by atoms with van der Waals surface area (Å²) in [6.45, 7) is 2.92. The number of aromatic carboxylic acids is 1. The van der Waals surface area contributed by atoms with Crippen LogP contribution in [-0.2, 0) is 5.41 Å². The highest BCUT2D eigenvalue weighted by atomic mass is 19.1. The highest BCUT2D eigenvalue weighted by Gasteiger charge is 2.45. The molecule has 0 unspecified atom stereocenters. The van der Waals surface area contributed by atoms with E-state index < -0.39 is 17.6 Å². The number of benzene rings is 2. The molecule has 1 amide bonds. The first-order chi connectivity index (χ1) is 18.3. The Labute approximate surface area is 215 Å². The molecule has 2 aliphatic heterocycles. The number of carbonyl (C=O) groups is 2. The molecule has 2 aromatic carbocycles. The van der Waals surface area contributed by atoms with Crippen LogP contribution in [0.2, 0.25) is 0 Å². The van der Waals surface area contributed by atoms with Crippen molar-refractivity contribution in [2.75, 3.05) is 25.0 Å². The fourth-order valence-electron chi connectivity index (χ4n) is 5.30. The number of likely N-dealkylation sites (tertiary alicyclic amines) is 1. The predicted octanol–water partition coefficient (Wildman–Crippen LogP) is 4.32. The van der Waals surface area contributed by atoms with Crippen LogP contribution < -0.4 is 10.1 Å². The van der Waals surface area contributed by atoms with E-state index in [0.717, 1.165) is 17.3 Å². The molecule has 6 rings (SSSR count). The standard InChI is InChI=1S/C27H23F2N5O4/c1-15-5-6-19(28)21(11-15)32-24-16(12-30-23-17(26(36)37)13-31-34(23)24)25(35)33-9-7-27(8-10-33)14-38-22-18(27)3-2-4-20(22)29/h2-6,11-13,32H,7-10,14H2,1H3,(H,36,37). The van der Waals surface area contributed by atoms with Gasteiger partial charge in [-0.05, 0) is 43.5 Å². The molecule has 2 aliphatic rings. The number of halogens is 2.